The highest BCUT2D eigenvalue weighted by Crippen LogP contribution is 2.45. The van der Waals surface area contributed by atoms with Crippen molar-refractivity contribution < 1.29 is 23.5 Å². The van der Waals surface area contributed by atoms with E-state index in [9.17, 15) is 14.0 Å². The number of methoxy groups -OCH3 is 2. The van der Waals surface area contributed by atoms with Crippen LogP contribution in [-0.2, 0) is 11.3 Å². The molecule has 39 heavy (non-hydrogen) atoms. The van der Waals surface area contributed by atoms with Gasteiger partial charge in [-0.3, -0.25) is 9.59 Å². The van der Waals surface area contributed by atoms with Crippen LogP contribution in [0.3, 0.4) is 0 Å². The lowest BCUT2D eigenvalue weighted by Crippen LogP contribution is -2.45. The fraction of sp³-hybridized carbons (Fsp3) is 0.161. The number of hydrogen-bond donors (Lipinski definition) is 1. The number of fused-ring (bicyclic) bond motifs is 1. The molecule has 4 aromatic rings. The van der Waals surface area contributed by atoms with E-state index in [2.05, 4.69) is 5.32 Å². The maximum atomic E-state index is 14.1. The van der Waals surface area contributed by atoms with Gasteiger partial charge >= 0.3 is 0 Å². The molecule has 6 nitrogen and oxygen atoms in total. The SMILES string of the molecule is COc1ccc([C@@H]2[C@@H](C(=O)Nc3cc(Cl)ccc3OC)c3ccccc3C(=O)N2Cc2ccc(F)cc2)cc1. The van der Waals surface area contributed by atoms with Crippen molar-refractivity contribution in [3.05, 3.63) is 124 Å². The molecule has 8 heteroatoms. The standard InChI is InChI=1S/C31H26ClFN2O4/c1-38-23-14-9-20(10-15-23)29-28(30(36)34-26-17-21(32)11-16-27(26)39-2)24-5-3-4-6-25(24)31(37)35(29)18-19-7-12-22(33)13-8-19/h3-17,28-29H,18H2,1-2H3,(H,34,36)/t28-,29+/m0/s1. The molecular weight excluding hydrogens is 519 g/mol. The van der Waals surface area contributed by atoms with Crippen molar-refractivity contribution in [3.8, 4) is 11.5 Å². The Morgan fingerprint density at radius 1 is 0.949 bits per heavy atom. The van der Waals surface area contributed by atoms with Crippen LogP contribution in [0.15, 0.2) is 91.0 Å². The average molecular weight is 545 g/mol. The topological polar surface area (TPSA) is 67.9 Å². The quantitative estimate of drug-likeness (QED) is 0.284. The van der Waals surface area contributed by atoms with Crippen molar-refractivity contribution in [1.82, 2.24) is 4.90 Å². The highest BCUT2D eigenvalue weighted by molar-refractivity contribution is 6.31. The van der Waals surface area contributed by atoms with Gasteiger partial charge < -0.3 is 19.7 Å². The van der Waals surface area contributed by atoms with Crippen LogP contribution < -0.4 is 14.8 Å². The number of amides is 2. The smallest absolute Gasteiger partial charge is 0.255 e. The lowest BCUT2D eigenvalue weighted by molar-refractivity contribution is -0.119. The summed E-state index contributed by atoms with van der Waals surface area (Å²) >= 11 is 6.22. The third-order valence-corrected chi connectivity index (χ3v) is 7.10. The summed E-state index contributed by atoms with van der Waals surface area (Å²) in [5, 5.41) is 3.42. The van der Waals surface area contributed by atoms with E-state index in [-0.39, 0.29) is 24.2 Å². The Morgan fingerprint density at radius 2 is 1.67 bits per heavy atom. The van der Waals surface area contributed by atoms with E-state index in [0.29, 0.717) is 33.3 Å². The number of nitrogens with zero attached hydrogens (tertiary/aromatic N) is 1. The van der Waals surface area contributed by atoms with Gasteiger partial charge in [-0.25, -0.2) is 4.39 Å². The Balaban J connectivity index is 1.64. The van der Waals surface area contributed by atoms with E-state index >= 15 is 0 Å². The van der Waals surface area contributed by atoms with Crippen LogP contribution in [0.25, 0.3) is 0 Å². The Bertz CT molecular complexity index is 1510. The molecule has 198 valence electrons. The molecule has 0 spiro atoms. The van der Waals surface area contributed by atoms with Crippen LogP contribution in [-0.4, -0.2) is 30.9 Å². The van der Waals surface area contributed by atoms with Gasteiger partial charge in [-0.05, 0) is 65.2 Å². The zero-order valence-electron chi connectivity index (χ0n) is 21.4. The number of carbonyl (C=O) groups is 2. The number of nitrogens with one attached hydrogen (secondary N) is 1. The van der Waals surface area contributed by atoms with E-state index in [0.717, 1.165) is 11.1 Å². The Labute approximate surface area is 230 Å². The summed E-state index contributed by atoms with van der Waals surface area (Å²) in [6.45, 7) is 0.175. The summed E-state index contributed by atoms with van der Waals surface area (Å²) in [5.41, 5.74) is 2.94. The number of hydrogen-bond acceptors (Lipinski definition) is 4. The number of carbonyl (C=O) groups excluding carboxylic acids is 2. The Kier molecular flexibility index (Phi) is 7.52. The van der Waals surface area contributed by atoms with E-state index < -0.39 is 12.0 Å². The van der Waals surface area contributed by atoms with Gasteiger partial charge in [-0.2, -0.15) is 0 Å². The molecule has 0 saturated carbocycles. The van der Waals surface area contributed by atoms with E-state index in [4.69, 9.17) is 21.1 Å². The zero-order chi connectivity index (χ0) is 27.5. The molecule has 2 amide bonds. The minimum Gasteiger partial charge on any atom is -0.497 e. The van der Waals surface area contributed by atoms with E-state index in [1.807, 2.05) is 18.2 Å². The molecular formula is C31H26ClFN2O4. The first-order valence-electron chi connectivity index (χ1n) is 12.3. The van der Waals surface area contributed by atoms with Crippen LogP contribution in [0.1, 0.15) is 39.0 Å². The van der Waals surface area contributed by atoms with Crippen LogP contribution >= 0.6 is 11.6 Å². The first-order valence-corrected chi connectivity index (χ1v) is 12.7. The number of rotatable bonds is 7. The van der Waals surface area contributed by atoms with Crippen molar-refractivity contribution in [2.45, 2.75) is 18.5 Å². The monoisotopic (exact) mass is 544 g/mol. The van der Waals surface area contributed by atoms with Crippen molar-refractivity contribution >= 4 is 29.1 Å². The Morgan fingerprint density at radius 3 is 2.36 bits per heavy atom. The van der Waals surface area contributed by atoms with Gasteiger partial charge in [0.15, 0.2) is 0 Å². The first kappa shape index (κ1) is 26.3. The second-order valence-electron chi connectivity index (χ2n) is 9.18. The zero-order valence-corrected chi connectivity index (χ0v) is 22.1. The second kappa shape index (κ2) is 11.2. The maximum absolute atomic E-state index is 14.1. The van der Waals surface area contributed by atoms with E-state index in [1.165, 1.54) is 19.2 Å². The van der Waals surface area contributed by atoms with Gasteiger partial charge in [0.1, 0.15) is 17.3 Å². The second-order valence-corrected chi connectivity index (χ2v) is 9.61. The lowest BCUT2D eigenvalue weighted by Gasteiger charge is -2.42. The van der Waals surface area contributed by atoms with Gasteiger partial charge in [-0.1, -0.05) is 54.1 Å². The molecule has 1 heterocycles. The number of benzene rings is 4. The molecule has 0 radical (unpaired) electrons. The summed E-state index contributed by atoms with van der Waals surface area (Å²) in [4.78, 5) is 29.7. The van der Waals surface area contributed by atoms with E-state index in [1.54, 1.807) is 72.7 Å². The summed E-state index contributed by atoms with van der Waals surface area (Å²) in [5.74, 6) is -0.599. The molecule has 0 fully saturated rings. The molecule has 1 aliphatic heterocycles. The van der Waals surface area contributed by atoms with Crippen LogP contribution in [0.4, 0.5) is 10.1 Å². The molecule has 2 atom stereocenters. The van der Waals surface area contributed by atoms with Crippen LogP contribution in [0, 0.1) is 5.82 Å². The molecule has 0 unspecified atom stereocenters. The fourth-order valence-electron chi connectivity index (χ4n) is 5.00. The van der Waals surface area contributed by atoms with Crippen molar-refractivity contribution in [2.75, 3.05) is 19.5 Å². The highest BCUT2D eigenvalue weighted by atomic mass is 35.5. The predicted octanol–water partition coefficient (Wildman–Crippen LogP) is 6.62. The van der Waals surface area contributed by atoms with Gasteiger partial charge in [-0.15, -0.1) is 0 Å². The summed E-state index contributed by atoms with van der Waals surface area (Å²) in [6.07, 6.45) is 0. The highest BCUT2D eigenvalue weighted by Gasteiger charge is 2.44. The minimum atomic E-state index is -0.781. The number of anilines is 1. The van der Waals surface area contributed by atoms with Gasteiger partial charge in [0, 0.05) is 17.1 Å². The first-order chi connectivity index (χ1) is 18.9. The molecule has 0 aromatic heterocycles. The minimum absolute atomic E-state index is 0.175. The molecule has 1 aliphatic rings. The largest absolute Gasteiger partial charge is 0.497 e. The number of ether oxygens (including phenoxy) is 2. The van der Waals surface area contributed by atoms with Crippen molar-refractivity contribution in [1.29, 1.82) is 0 Å². The third-order valence-electron chi connectivity index (χ3n) is 6.86. The van der Waals surface area contributed by atoms with Crippen LogP contribution in [0.2, 0.25) is 5.02 Å². The van der Waals surface area contributed by atoms with Gasteiger partial charge in [0.2, 0.25) is 5.91 Å². The van der Waals surface area contributed by atoms with Crippen LogP contribution in [0.5, 0.6) is 11.5 Å². The normalized spacial score (nSPS) is 16.4. The molecule has 4 aromatic carbocycles. The van der Waals surface area contributed by atoms with Crippen molar-refractivity contribution in [3.63, 3.8) is 0 Å². The molecule has 0 saturated heterocycles. The molecule has 1 N–H and O–H groups in total. The fourth-order valence-corrected chi connectivity index (χ4v) is 5.17. The summed E-state index contributed by atoms with van der Waals surface area (Å²) < 4.78 is 24.4. The van der Waals surface area contributed by atoms with Gasteiger partial charge in [0.05, 0.1) is 31.9 Å². The molecule has 0 bridgehead atoms. The molecule has 0 aliphatic carbocycles. The average Bonchev–Trinajstić information content (AvgIpc) is 2.95. The number of halogens is 2. The third kappa shape index (κ3) is 5.31. The van der Waals surface area contributed by atoms with Crippen molar-refractivity contribution in [2.24, 2.45) is 0 Å². The van der Waals surface area contributed by atoms with Gasteiger partial charge in [0.25, 0.3) is 5.91 Å². The molecule has 5 rings (SSSR count). The predicted molar refractivity (Wildman–Crippen MR) is 148 cm³/mol. The Hall–Kier alpha value is -4.36. The summed E-state index contributed by atoms with van der Waals surface area (Å²) in [7, 11) is 3.09. The lowest BCUT2D eigenvalue weighted by atomic mass is 9.79. The summed E-state index contributed by atoms with van der Waals surface area (Å²) in [6, 6.07) is 24.7. The maximum Gasteiger partial charge on any atom is 0.255 e.